The number of nitrogens with zero attached hydrogens (tertiary/aromatic N) is 4. The number of ether oxygens (including phenoxy) is 1. The molecule has 0 radical (unpaired) electrons. The molecule has 1 saturated heterocycles. The molecule has 1 amide bonds. The van der Waals surface area contributed by atoms with Crippen LogP contribution in [0.4, 0.5) is 5.69 Å². The number of benzene rings is 1. The van der Waals surface area contributed by atoms with E-state index in [-0.39, 0.29) is 17.7 Å². The third kappa shape index (κ3) is 3.50. The summed E-state index contributed by atoms with van der Waals surface area (Å²) in [5, 5.41) is 4.06. The molecule has 2 aromatic rings. The molecule has 0 bridgehead atoms. The van der Waals surface area contributed by atoms with Gasteiger partial charge in [-0.3, -0.25) is 4.79 Å². The van der Waals surface area contributed by atoms with Crippen molar-refractivity contribution in [2.75, 3.05) is 31.6 Å². The molecule has 4 rings (SSSR count). The van der Waals surface area contributed by atoms with E-state index >= 15 is 0 Å². The Morgan fingerprint density at radius 2 is 1.96 bits per heavy atom. The zero-order chi connectivity index (χ0) is 19.0. The van der Waals surface area contributed by atoms with Gasteiger partial charge in [0, 0.05) is 32.0 Å². The zero-order valence-electron chi connectivity index (χ0n) is 16.1. The van der Waals surface area contributed by atoms with E-state index in [0.29, 0.717) is 25.5 Å². The number of amides is 1. The van der Waals surface area contributed by atoms with Gasteiger partial charge in [0.15, 0.2) is 11.9 Å². The van der Waals surface area contributed by atoms with Gasteiger partial charge in [0.2, 0.25) is 5.89 Å². The van der Waals surface area contributed by atoms with Gasteiger partial charge in [-0.05, 0) is 25.0 Å². The molecule has 2 aliphatic heterocycles. The molecular weight excluding hydrogens is 344 g/mol. The van der Waals surface area contributed by atoms with Crippen LogP contribution in [0.25, 0.3) is 0 Å². The summed E-state index contributed by atoms with van der Waals surface area (Å²) in [5.41, 5.74) is 1.03. The second-order valence-corrected chi connectivity index (χ2v) is 7.70. The largest absolute Gasteiger partial charge is 0.477 e. The molecule has 1 aromatic heterocycles. The predicted octanol–water partition coefficient (Wildman–Crippen LogP) is 2.80. The van der Waals surface area contributed by atoms with E-state index in [1.54, 1.807) is 0 Å². The van der Waals surface area contributed by atoms with Gasteiger partial charge in [-0.25, -0.2) is 0 Å². The van der Waals surface area contributed by atoms with Gasteiger partial charge in [-0.15, -0.1) is 0 Å². The Morgan fingerprint density at radius 3 is 2.67 bits per heavy atom. The van der Waals surface area contributed by atoms with Crippen molar-refractivity contribution in [1.82, 2.24) is 15.0 Å². The molecule has 7 nitrogen and oxygen atoms in total. The highest BCUT2D eigenvalue weighted by Crippen LogP contribution is 2.33. The van der Waals surface area contributed by atoms with E-state index in [9.17, 15) is 4.79 Å². The van der Waals surface area contributed by atoms with Crippen molar-refractivity contribution >= 4 is 11.6 Å². The lowest BCUT2D eigenvalue weighted by molar-refractivity contribution is -0.139. The topological polar surface area (TPSA) is 71.7 Å². The first-order valence-corrected chi connectivity index (χ1v) is 9.62. The number of aromatic nitrogens is 2. The predicted molar refractivity (Wildman–Crippen MR) is 101 cm³/mol. The van der Waals surface area contributed by atoms with Crippen molar-refractivity contribution in [2.24, 2.45) is 0 Å². The van der Waals surface area contributed by atoms with Crippen molar-refractivity contribution in [3.63, 3.8) is 0 Å². The van der Waals surface area contributed by atoms with Gasteiger partial charge in [0.1, 0.15) is 5.75 Å². The summed E-state index contributed by atoms with van der Waals surface area (Å²) in [7, 11) is 2.00. The molecule has 1 fully saturated rings. The number of para-hydroxylation sites is 2. The minimum Gasteiger partial charge on any atom is -0.477 e. The van der Waals surface area contributed by atoms with Crippen LogP contribution in [0.3, 0.4) is 0 Å². The summed E-state index contributed by atoms with van der Waals surface area (Å²) >= 11 is 0. The van der Waals surface area contributed by atoms with E-state index in [1.165, 1.54) is 0 Å². The van der Waals surface area contributed by atoms with Gasteiger partial charge in [0.05, 0.1) is 12.2 Å². The maximum absolute atomic E-state index is 13.0. The first kappa shape index (κ1) is 17.8. The van der Waals surface area contributed by atoms with Gasteiger partial charge in [0.25, 0.3) is 5.91 Å². The summed E-state index contributed by atoms with van der Waals surface area (Å²) in [6, 6.07) is 7.84. The summed E-state index contributed by atoms with van der Waals surface area (Å²) < 4.78 is 11.4. The fourth-order valence-corrected chi connectivity index (χ4v) is 3.74. The number of rotatable bonds is 3. The van der Waals surface area contributed by atoms with E-state index in [2.05, 4.69) is 28.9 Å². The van der Waals surface area contributed by atoms with Gasteiger partial charge >= 0.3 is 0 Å². The molecule has 0 saturated carbocycles. The van der Waals surface area contributed by atoms with Crippen LogP contribution in [-0.2, 0) is 4.79 Å². The smallest absolute Gasteiger partial charge is 0.265 e. The minimum absolute atomic E-state index is 0.0585. The van der Waals surface area contributed by atoms with E-state index in [0.717, 1.165) is 30.1 Å². The Balaban J connectivity index is 1.37. The van der Waals surface area contributed by atoms with Crippen LogP contribution < -0.4 is 9.64 Å². The molecule has 0 N–H and O–H groups in total. The third-order valence-corrected chi connectivity index (χ3v) is 5.39. The molecule has 1 aromatic carbocycles. The quantitative estimate of drug-likeness (QED) is 0.827. The Hall–Kier alpha value is -2.57. The Bertz CT molecular complexity index is 811. The van der Waals surface area contributed by atoms with Gasteiger partial charge in [-0.1, -0.05) is 31.1 Å². The van der Waals surface area contributed by atoms with Crippen LogP contribution in [0, 0.1) is 0 Å². The van der Waals surface area contributed by atoms with Crippen LogP contribution in [0.2, 0.25) is 0 Å². The number of carbonyl (C=O) groups excluding carboxylic acids is 1. The van der Waals surface area contributed by atoms with Crippen molar-refractivity contribution < 1.29 is 14.1 Å². The van der Waals surface area contributed by atoms with Gasteiger partial charge < -0.3 is 19.1 Å². The summed E-state index contributed by atoms with van der Waals surface area (Å²) in [6.07, 6.45) is 1.22. The second-order valence-electron chi connectivity index (χ2n) is 7.70. The SMILES string of the molecule is CC(C)c1noc(C2CCN(C(=O)[C@H]3CN(C)c4ccccc4O3)CC2)n1. The first-order valence-electron chi connectivity index (χ1n) is 9.62. The Kier molecular flexibility index (Phi) is 4.76. The zero-order valence-corrected chi connectivity index (χ0v) is 16.1. The number of hydrogen-bond acceptors (Lipinski definition) is 6. The molecule has 0 aliphatic carbocycles. The Morgan fingerprint density at radius 1 is 1.22 bits per heavy atom. The highest BCUT2D eigenvalue weighted by Gasteiger charge is 2.35. The molecule has 7 heteroatoms. The van der Waals surface area contributed by atoms with Crippen molar-refractivity contribution in [3.8, 4) is 5.75 Å². The number of likely N-dealkylation sites (tertiary alicyclic amines) is 1. The fraction of sp³-hybridized carbons (Fsp3) is 0.550. The first-order chi connectivity index (χ1) is 13.0. The maximum atomic E-state index is 13.0. The highest BCUT2D eigenvalue weighted by molar-refractivity contribution is 5.83. The molecular formula is C20H26N4O3. The Labute approximate surface area is 159 Å². The number of fused-ring (bicyclic) bond motifs is 1. The van der Waals surface area contributed by atoms with Crippen molar-refractivity contribution in [3.05, 3.63) is 36.0 Å². The number of carbonyl (C=O) groups is 1. The van der Waals surface area contributed by atoms with Crippen LogP contribution in [0.1, 0.15) is 50.2 Å². The number of anilines is 1. The van der Waals surface area contributed by atoms with Gasteiger partial charge in [-0.2, -0.15) is 4.98 Å². The molecule has 2 aliphatic rings. The second kappa shape index (κ2) is 7.21. The summed E-state index contributed by atoms with van der Waals surface area (Å²) in [5.74, 6) is 2.76. The molecule has 0 spiro atoms. The van der Waals surface area contributed by atoms with Crippen molar-refractivity contribution in [2.45, 2.75) is 44.6 Å². The number of piperidine rings is 1. The summed E-state index contributed by atoms with van der Waals surface area (Å²) in [4.78, 5) is 21.5. The van der Waals surface area contributed by atoms with Crippen LogP contribution in [0.15, 0.2) is 28.8 Å². The monoisotopic (exact) mass is 370 g/mol. The van der Waals surface area contributed by atoms with E-state index < -0.39 is 6.10 Å². The molecule has 27 heavy (non-hydrogen) atoms. The normalized spacial score (nSPS) is 20.5. The molecule has 0 unspecified atom stereocenters. The maximum Gasteiger partial charge on any atom is 0.265 e. The molecule has 144 valence electrons. The van der Waals surface area contributed by atoms with E-state index in [4.69, 9.17) is 9.26 Å². The standard InChI is InChI=1S/C20H26N4O3/c1-13(2)18-21-19(27-22-18)14-8-10-24(11-9-14)20(25)17-12-23(3)15-6-4-5-7-16(15)26-17/h4-7,13-14,17H,8-12H2,1-3H3/t17-/m1/s1. The fourth-order valence-electron chi connectivity index (χ4n) is 3.74. The minimum atomic E-state index is -0.461. The molecule has 1 atom stereocenters. The highest BCUT2D eigenvalue weighted by atomic mass is 16.5. The van der Waals surface area contributed by atoms with Crippen LogP contribution in [0.5, 0.6) is 5.75 Å². The average molecular weight is 370 g/mol. The average Bonchev–Trinajstić information content (AvgIpc) is 3.18. The van der Waals surface area contributed by atoms with Crippen molar-refractivity contribution in [1.29, 1.82) is 0 Å². The number of likely N-dealkylation sites (N-methyl/N-ethyl adjacent to an activating group) is 1. The summed E-state index contributed by atoms with van der Waals surface area (Å²) in [6.45, 7) is 6.05. The lowest BCUT2D eigenvalue weighted by atomic mass is 9.96. The number of hydrogen-bond donors (Lipinski definition) is 0. The lowest BCUT2D eigenvalue weighted by Crippen LogP contribution is -2.51. The third-order valence-electron chi connectivity index (χ3n) is 5.39. The van der Waals surface area contributed by atoms with Crippen LogP contribution >= 0.6 is 0 Å². The van der Waals surface area contributed by atoms with Crippen LogP contribution in [-0.4, -0.2) is 53.7 Å². The lowest BCUT2D eigenvalue weighted by Gasteiger charge is -2.37. The molecule has 3 heterocycles. The van der Waals surface area contributed by atoms with E-state index in [1.807, 2.05) is 36.2 Å².